The third kappa shape index (κ3) is 2.27. The number of nitrogens with one attached hydrogen (secondary N) is 1. The van der Waals surface area contributed by atoms with Crippen LogP contribution in [0.3, 0.4) is 0 Å². The van der Waals surface area contributed by atoms with Crippen LogP contribution >= 0.6 is 0 Å². The largest absolute Gasteiger partial charge is 0.493 e. The summed E-state index contributed by atoms with van der Waals surface area (Å²) in [5, 5.41) is 4.26. The molecule has 2 aliphatic rings. The van der Waals surface area contributed by atoms with Crippen molar-refractivity contribution in [2.45, 2.75) is 38.5 Å². The molecule has 1 N–H and O–H groups in total. The van der Waals surface area contributed by atoms with Crippen LogP contribution in [0, 0.1) is 5.92 Å². The quantitative estimate of drug-likeness (QED) is 0.941. The first kappa shape index (κ1) is 13.7. The van der Waals surface area contributed by atoms with Gasteiger partial charge in [-0.2, -0.15) is 0 Å². The number of benzene rings is 1. The number of amides is 1. The van der Waals surface area contributed by atoms with Gasteiger partial charge in [0.15, 0.2) is 0 Å². The molecule has 1 aliphatic carbocycles. The Bertz CT molecular complexity index is 718. The molecule has 2 aromatic rings. The monoisotopic (exact) mass is 299 g/mol. The van der Waals surface area contributed by atoms with Gasteiger partial charge in [0.05, 0.1) is 12.9 Å². The lowest BCUT2D eigenvalue weighted by molar-refractivity contribution is -0.120. The number of aryl methyl sites for hydroxylation is 1. The van der Waals surface area contributed by atoms with E-state index in [1.165, 1.54) is 16.5 Å². The fourth-order valence-corrected chi connectivity index (χ4v) is 3.52. The molecule has 1 aromatic heterocycles. The van der Waals surface area contributed by atoms with Crippen LogP contribution in [0.1, 0.15) is 43.2 Å². The second kappa shape index (κ2) is 5.34. The van der Waals surface area contributed by atoms with Crippen molar-refractivity contribution in [3.05, 3.63) is 29.5 Å². The molecule has 2 heterocycles. The molecule has 2 atom stereocenters. The zero-order valence-electron chi connectivity index (χ0n) is 12.9. The summed E-state index contributed by atoms with van der Waals surface area (Å²) >= 11 is 0. The molecule has 4 rings (SSSR count). The van der Waals surface area contributed by atoms with Crippen LogP contribution in [0.15, 0.2) is 22.8 Å². The second-order valence-electron chi connectivity index (χ2n) is 6.32. The molecule has 1 saturated carbocycles. The van der Waals surface area contributed by atoms with Gasteiger partial charge >= 0.3 is 0 Å². The molecule has 116 valence electrons. The van der Waals surface area contributed by atoms with E-state index < -0.39 is 0 Å². The number of hydrogen-bond donors (Lipinski definition) is 1. The molecule has 0 saturated heterocycles. The van der Waals surface area contributed by atoms with Crippen LogP contribution in [0.5, 0.6) is 5.75 Å². The molecule has 4 heteroatoms. The predicted octanol–water partition coefficient (Wildman–Crippen LogP) is 3.39. The number of ether oxygens (including phenoxy) is 1. The SMILES string of the molecule is CCC(=O)NCC1CC1c1coc2ccc3c(c12)CCCO3. The minimum atomic E-state index is 0.133. The summed E-state index contributed by atoms with van der Waals surface area (Å²) in [7, 11) is 0. The van der Waals surface area contributed by atoms with Gasteiger partial charge in [-0.05, 0) is 43.2 Å². The van der Waals surface area contributed by atoms with E-state index in [1.54, 1.807) is 0 Å². The smallest absolute Gasteiger partial charge is 0.219 e. The van der Waals surface area contributed by atoms with Gasteiger partial charge in [0.1, 0.15) is 11.3 Å². The molecule has 0 bridgehead atoms. The highest BCUT2D eigenvalue weighted by Gasteiger charge is 2.40. The number of rotatable bonds is 4. The van der Waals surface area contributed by atoms with Crippen molar-refractivity contribution >= 4 is 16.9 Å². The van der Waals surface area contributed by atoms with E-state index in [1.807, 2.05) is 25.3 Å². The Morgan fingerprint density at radius 2 is 2.32 bits per heavy atom. The lowest BCUT2D eigenvalue weighted by atomic mass is 9.97. The maximum Gasteiger partial charge on any atom is 0.219 e. The minimum Gasteiger partial charge on any atom is -0.493 e. The van der Waals surface area contributed by atoms with E-state index in [2.05, 4.69) is 5.32 Å². The number of hydrogen-bond acceptors (Lipinski definition) is 3. The normalized spacial score (nSPS) is 23.0. The lowest BCUT2D eigenvalue weighted by Gasteiger charge is -2.18. The highest BCUT2D eigenvalue weighted by molar-refractivity contribution is 5.88. The van der Waals surface area contributed by atoms with Gasteiger partial charge in [-0.25, -0.2) is 0 Å². The van der Waals surface area contributed by atoms with Crippen molar-refractivity contribution in [1.82, 2.24) is 5.32 Å². The van der Waals surface area contributed by atoms with E-state index >= 15 is 0 Å². The number of carbonyl (C=O) groups excluding carboxylic acids is 1. The maximum atomic E-state index is 11.4. The van der Waals surface area contributed by atoms with Gasteiger partial charge in [0.2, 0.25) is 5.91 Å². The summed E-state index contributed by atoms with van der Waals surface area (Å²) in [6, 6.07) is 4.04. The van der Waals surface area contributed by atoms with Crippen molar-refractivity contribution in [3.8, 4) is 5.75 Å². The topological polar surface area (TPSA) is 51.5 Å². The Balaban J connectivity index is 1.59. The first-order chi connectivity index (χ1) is 10.8. The van der Waals surface area contributed by atoms with Crippen molar-refractivity contribution in [2.75, 3.05) is 13.2 Å². The van der Waals surface area contributed by atoms with E-state index in [9.17, 15) is 4.79 Å². The van der Waals surface area contributed by atoms with Gasteiger partial charge in [-0.15, -0.1) is 0 Å². The summed E-state index contributed by atoms with van der Waals surface area (Å²) < 4.78 is 11.5. The van der Waals surface area contributed by atoms with Gasteiger partial charge in [0.25, 0.3) is 0 Å². The Labute approximate surface area is 129 Å². The summed E-state index contributed by atoms with van der Waals surface area (Å²) in [5.41, 5.74) is 3.56. The van der Waals surface area contributed by atoms with E-state index in [4.69, 9.17) is 9.15 Å². The van der Waals surface area contributed by atoms with Crippen molar-refractivity contribution in [2.24, 2.45) is 5.92 Å². The standard InChI is InChI=1S/C18H21NO3/c1-2-17(20)19-9-11-8-13(11)14-10-22-16-6-5-15-12(18(14)16)4-3-7-21-15/h5-6,10-11,13H,2-4,7-9H2,1H3,(H,19,20). The van der Waals surface area contributed by atoms with Crippen LogP contribution in [-0.4, -0.2) is 19.1 Å². The summed E-state index contributed by atoms with van der Waals surface area (Å²) in [6.45, 7) is 3.46. The molecule has 1 fully saturated rings. The molecule has 0 spiro atoms. The predicted molar refractivity (Wildman–Crippen MR) is 84.2 cm³/mol. The molecule has 0 radical (unpaired) electrons. The minimum absolute atomic E-state index is 0.133. The van der Waals surface area contributed by atoms with E-state index in [-0.39, 0.29) is 5.91 Å². The van der Waals surface area contributed by atoms with E-state index in [0.29, 0.717) is 18.3 Å². The average Bonchev–Trinajstić information content (AvgIpc) is 3.20. The van der Waals surface area contributed by atoms with Crippen LogP contribution in [0.2, 0.25) is 0 Å². The summed E-state index contributed by atoms with van der Waals surface area (Å²) in [6.07, 6.45) is 5.71. The van der Waals surface area contributed by atoms with Gasteiger partial charge < -0.3 is 14.5 Å². The third-order valence-corrected chi connectivity index (χ3v) is 4.87. The third-order valence-electron chi connectivity index (χ3n) is 4.87. The highest BCUT2D eigenvalue weighted by atomic mass is 16.5. The Morgan fingerprint density at radius 1 is 1.41 bits per heavy atom. The van der Waals surface area contributed by atoms with Gasteiger partial charge in [-0.3, -0.25) is 4.79 Å². The van der Waals surface area contributed by atoms with E-state index in [0.717, 1.165) is 43.7 Å². The number of furan rings is 1. The van der Waals surface area contributed by atoms with Gasteiger partial charge in [-0.1, -0.05) is 6.92 Å². The average molecular weight is 299 g/mol. The number of carbonyl (C=O) groups is 1. The molecule has 1 aliphatic heterocycles. The fraction of sp³-hybridized carbons (Fsp3) is 0.500. The Hall–Kier alpha value is -1.97. The second-order valence-corrected chi connectivity index (χ2v) is 6.32. The summed E-state index contributed by atoms with van der Waals surface area (Å²) in [4.78, 5) is 11.4. The maximum absolute atomic E-state index is 11.4. The molecular formula is C18H21NO3. The molecule has 4 nitrogen and oxygen atoms in total. The highest BCUT2D eigenvalue weighted by Crippen LogP contribution is 2.51. The van der Waals surface area contributed by atoms with Crippen LogP contribution in [-0.2, 0) is 11.2 Å². The Morgan fingerprint density at radius 3 is 3.18 bits per heavy atom. The molecule has 1 aromatic carbocycles. The molecular weight excluding hydrogens is 278 g/mol. The van der Waals surface area contributed by atoms with Crippen molar-refractivity contribution < 1.29 is 13.9 Å². The van der Waals surface area contributed by atoms with Crippen LogP contribution in [0.25, 0.3) is 11.0 Å². The zero-order valence-corrected chi connectivity index (χ0v) is 12.9. The van der Waals surface area contributed by atoms with Gasteiger partial charge in [0, 0.05) is 29.5 Å². The molecule has 2 unspecified atom stereocenters. The van der Waals surface area contributed by atoms with Crippen LogP contribution in [0.4, 0.5) is 0 Å². The molecule has 1 amide bonds. The molecule has 22 heavy (non-hydrogen) atoms. The first-order valence-corrected chi connectivity index (χ1v) is 8.20. The lowest BCUT2D eigenvalue weighted by Crippen LogP contribution is -2.24. The summed E-state index contributed by atoms with van der Waals surface area (Å²) in [5.74, 6) is 2.19. The van der Waals surface area contributed by atoms with Crippen LogP contribution < -0.4 is 10.1 Å². The fourth-order valence-electron chi connectivity index (χ4n) is 3.52. The Kier molecular flexibility index (Phi) is 3.32. The number of fused-ring (bicyclic) bond motifs is 3. The zero-order chi connectivity index (χ0) is 15.1. The van der Waals surface area contributed by atoms with Crippen molar-refractivity contribution in [3.63, 3.8) is 0 Å². The van der Waals surface area contributed by atoms with Crippen molar-refractivity contribution in [1.29, 1.82) is 0 Å². The first-order valence-electron chi connectivity index (χ1n) is 8.20.